The van der Waals surface area contributed by atoms with Crippen molar-refractivity contribution in [2.75, 3.05) is 0 Å². The van der Waals surface area contributed by atoms with Gasteiger partial charge in [0.05, 0.1) is 36.6 Å². The summed E-state index contributed by atoms with van der Waals surface area (Å²) in [4.78, 5) is 21.9. The largest absolute Gasteiger partial charge is 2.00 e. The molecule has 59 heavy (non-hydrogen) atoms. The summed E-state index contributed by atoms with van der Waals surface area (Å²) < 4.78 is 0. The molecule has 8 aliphatic rings. The monoisotopic (exact) mass is 902 g/mol. The summed E-state index contributed by atoms with van der Waals surface area (Å²) in [6.07, 6.45) is 11.4. The van der Waals surface area contributed by atoms with Gasteiger partial charge in [-0.2, -0.15) is 0 Å². The Morgan fingerprint density at radius 2 is 0.898 bits per heavy atom. The van der Waals surface area contributed by atoms with Gasteiger partial charge in [0.1, 0.15) is 0 Å². The predicted molar refractivity (Wildman–Crippen MR) is 221 cm³/mol. The van der Waals surface area contributed by atoms with Gasteiger partial charge in [0.25, 0.3) is 0 Å². The van der Waals surface area contributed by atoms with Gasteiger partial charge >= 0.3 is 45.5 Å². The molecule has 0 bridgehead atoms. The Bertz CT molecular complexity index is 1390. The minimum atomic E-state index is -0.998. The molecular formula is C48H78O10Sr. The molecule has 332 valence electrons. The Morgan fingerprint density at radius 1 is 0.542 bits per heavy atom. The van der Waals surface area contributed by atoms with E-state index in [1.807, 2.05) is 0 Å². The van der Waals surface area contributed by atoms with Gasteiger partial charge in [-0.15, -0.1) is 0 Å². The number of rotatable bonds is 8. The molecule has 0 amide bonds. The number of aliphatic hydroxyl groups is 6. The molecule has 0 spiro atoms. The topological polar surface area (TPSA) is 202 Å². The summed E-state index contributed by atoms with van der Waals surface area (Å²) in [5.41, 5.74) is -0.343. The fourth-order valence-electron chi connectivity index (χ4n) is 17.4. The van der Waals surface area contributed by atoms with Crippen molar-refractivity contribution in [2.45, 2.75) is 194 Å². The first-order valence-corrected chi connectivity index (χ1v) is 23.7. The smallest absolute Gasteiger partial charge is 0.550 e. The summed E-state index contributed by atoms with van der Waals surface area (Å²) in [5.74, 6) is 1.27. The number of carbonyl (C=O) groups is 2. The Kier molecular flexibility index (Phi) is 15.0. The number of carboxylic acids is 2. The van der Waals surface area contributed by atoms with Crippen LogP contribution >= 0.6 is 0 Å². The quantitative estimate of drug-likeness (QED) is 0.195. The number of hydrogen-bond donors (Lipinski definition) is 6. The molecule has 8 aliphatic carbocycles. The van der Waals surface area contributed by atoms with Crippen molar-refractivity contribution in [3.63, 3.8) is 0 Å². The van der Waals surface area contributed by atoms with Crippen LogP contribution in [0.25, 0.3) is 0 Å². The maximum atomic E-state index is 11.5. The van der Waals surface area contributed by atoms with Gasteiger partial charge in [-0.25, -0.2) is 0 Å². The van der Waals surface area contributed by atoms with Crippen LogP contribution in [-0.4, -0.2) is 125 Å². The molecular weight excluding hydrogens is 824 g/mol. The third kappa shape index (κ3) is 8.36. The van der Waals surface area contributed by atoms with Crippen molar-refractivity contribution in [3.8, 4) is 0 Å². The van der Waals surface area contributed by atoms with Crippen LogP contribution in [0.2, 0.25) is 0 Å². The molecule has 8 saturated carbocycles. The first-order valence-electron chi connectivity index (χ1n) is 23.7. The van der Waals surface area contributed by atoms with E-state index in [9.17, 15) is 50.4 Å². The number of fused-ring (bicyclic) bond motifs is 10. The zero-order valence-corrected chi connectivity index (χ0v) is 40.6. The van der Waals surface area contributed by atoms with Gasteiger partial charge in [0.15, 0.2) is 0 Å². The zero-order chi connectivity index (χ0) is 42.3. The van der Waals surface area contributed by atoms with Crippen LogP contribution in [0.15, 0.2) is 0 Å². The van der Waals surface area contributed by atoms with Crippen LogP contribution in [-0.2, 0) is 9.59 Å². The molecule has 0 aliphatic heterocycles. The molecule has 0 heterocycles. The van der Waals surface area contributed by atoms with Crippen LogP contribution in [0.1, 0.15) is 157 Å². The fourth-order valence-corrected chi connectivity index (χ4v) is 17.4. The second-order valence-corrected chi connectivity index (χ2v) is 22.8. The van der Waals surface area contributed by atoms with Gasteiger partial charge in [-0.3, -0.25) is 0 Å². The Hall–Kier alpha value is 0.181. The number of aliphatic carboxylic acids is 2. The van der Waals surface area contributed by atoms with Crippen LogP contribution in [0, 0.1) is 92.7 Å². The van der Waals surface area contributed by atoms with Crippen LogP contribution in [0.4, 0.5) is 0 Å². The second-order valence-electron chi connectivity index (χ2n) is 22.8. The van der Waals surface area contributed by atoms with Gasteiger partial charge in [0, 0.05) is 11.9 Å². The van der Waals surface area contributed by atoms with E-state index < -0.39 is 24.1 Å². The predicted octanol–water partition coefficient (Wildman–Crippen LogP) is 3.85. The van der Waals surface area contributed by atoms with Crippen molar-refractivity contribution >= 4 is 57.4 Å². The minimum absolute atomic E-state index is 0. The SMILES string of the molecule is C[C@H](CCC(=O)[O-])[C@H]1CCC2C3C(C[C@H](O)[C@@]21C)[C@@]1(C)CC[C@@H](O)C[C@H]1C[C@H]3O.C[C@H](CCC(=O)[O-])[C@H]1CCC2C3C(C[C@H](O)[C@@]21C)[C@@]1(C)CC[C@@H](O)C[C@H]1C[C@H]3O.[Sr+2]. The van der Waals surface area contributed by atoms with Gasteiger partial charge < -0.3 is 50.4 Å². The van der Waals surface area contributed by atoms with E-state index in [1.165, 1.54) is 0 Å². The fraction of sp³-hybridized carbons (Fsp3) is 0.958. The average molecular weight is 903 g/mol. The standard InChI is InChI=1S/2C24H40O5.Sr/c2*1-13(4-7-21(28)29)16-5-6-17-22-18(12-20(27)24(16,17)3)23(2)9-8-15(25)10-14(23)11-19(22)26;/h2*13-20,22,25-27H,4-12H2,1-3H3,(H,28,29);/q;;+2/p-2/t2*13-,14+,15-,16-,17?,18?,19-,20+,22?,23+,24-;/m11./s1. The van der Waals surface area contributed by atoms with E-state index in [2.05, 4.69) is 41.5 Å². The Balaban J connectivity index is 0.000000195. The summed E-state index contributed by atoms with van der Waals surface area (Å²) in [5, 5.41) is 87.7. The van der Waals surface area contributed by atoms with Crippen molar-refractivity contribution in [1.82, 2.24) is 0 Å². The van der Waals surface area contributed by atoms with Crippen LogP contribution in [0.3, 0.4) is 0 Å². The first-order chi connectivity index (χ1) is 27.2. The summed E-state index contributed by atoms with van der Waals surface area (Å²) in [6.45, 7) is 13.3. The van der Waals surface area contributed by atoms with Gasteiger partial charge in [-0.05, 0) is 208 Å². The molecule has 6 unspecified atom stereocenters. The summed E-state index contributed by atoms with van der Waals surface area (Å²) in [6, 6.07) is 0. The third-order valence-electron chi connectivity index (χ3n) is 20.6. The molecule has 22 atom stereocenters. The van der Waals surface area contributed by atoms with Crippen LogP contribution < -0.4 is 10.2 Å². The van der Waals surface area contributed by atoms with E-state index in [4.69, 9.17) is 0 Å². The van der Waals surface area contributed by atoms with Gasteiger partial charge in [-0.1, -0.05) is 41.5 Å². The van der Waals surface area contributed by atoms with E-state index in [1.54, 1.807) is 0 Å². The molecule has 8 rings (SSSR count). The molecule has 6 N–H and O–H groups in total. The van der Waals surface area contributed by atoms with Crippen LogP contribution in [0.5, 0.6) is 0 Å². The summed E-state index contributed by atoms with van der Waals surface area (Å²) in [7, 11) is 0. The van der Waals surface area contributed by atoms with Crippen molar-refractivity contribution in [2.24, 2.45) is 92.7 Å². The summed E-state index contributed by atoms with van der Waals surface area (Å²) >= 11 is 0. The van der Waals surface area contributed by atoms with Crippen molar-refractivity contribution in [3.05, 3.63) is 0 Å². The molecule has 0 radical (unpaired) electrons. The average Bonchev–Trinajstić information content (AvgIpc) is 3.70. The molecule has 8 fully saturated rings. The Morgan fingerprint density at radius 3 is 1.24 bits per heavy atom. The molecule has 0 aromatic carbocycles. The Labute approximate surface area is 391 Å². The minimum Gasteiger partial charge on any atom is -0.550 e. The van der Waals surface area contributed by atoms with Crippen molar-refractivity contribution in [1.29, 1.82) is 0 Å². The van der Waals surface area contributed by atoms with Crippen molar-refractivity contribution < 1.29 is 50.4 Å². The maximum Gasteiger partial charge on any atom is 2.00 e. The molecule has 0 aromatic rings. The molecule has 0 aromatic heterocycles. The van der Waals surface area contributed by atoms with E-state index in [-0.39, 0.29) is 152 Å². The number of carboxylic acid groups (broad SMARTS) is 2. The van der Waals surface area contributed by atoms with E-state index in [0.29, 0.717) is 36.5 Å². The second kappa shape index (κ2) is 18.2. The molecule has 11 heteroatoms. The number of hydrogen-bond acceptors (Lipinski definition) is 10. The normalized spacial score (nSPS) is 52.0. The van der Waals surface area contributed by atoms with E-state index >= 15 is 0 Å². The molecule has 0 saturated heterocycles. The van der Waals surface area contributed by atoms with Gasteiger partial charge in [0.2, 0.25) is 0 Å². The number of carbonyl (C=O) groups excluding carboxylic acids is 2. The third-order valence-corrected chi connectivity index (χ3v) is 20.6. The molecule has 10 nitrogen and oxygen atoms in total. The number of aliphatic hydroxyl groups excluding tert-OH is 6. The van der Waals surface area contributed by atoms with E-state index in [0.717, 1.165) is 89.9 Å². The first kappa shape index (κ1) is 48.6. The zero-order valence-electron chi connectivity index (χ0n) is 37.1. The maximum absolute atomic E-state index is 11.5.